The van der Waals surface area contributed by atoms with E-state index in [-0.39, 0.29) is 12.4 Å². The van der Waals surface area contributed by atoms with Gasteiger partial charge in [-0.05, 0) is 30.3 Å². The van der Waals surface area contributed by atoms with Crippen LogP contribution < -0.4 is 10.1 Å². The van der Waals surface area contributed by atoms with Gasteiger partial charge in [0, 0.05) is 30.2 Å². The minimum atomic E-state index is -0.396. The number of para-hydroxylation sites is 1. The first-order chi connectivity index (χ1) is 14.1. The summed E-state index contributed by atoms with van der Waals surface area (Å²) in [5.41, 5.74) is 1.89. The first-order valence-electron chi connectivity index (χ1n) is 8.47. The number of halogens is 2. The van der Waals surface area contributed by atoms with Crippen molar-refractivity contribution in [3.05, 3.63) is 76.8 Å². The molecule has 29 heavy (non-hydrogen) atoms. The Kier molecular flexibility index (Phi) is 5.46. The number of aromatic amines is 1. The molecular formula is C19H14Cl2N6O2. The number of benzene rings is 1. The highest BCUT2D eigenvalue weighted by molar-refractivity contribution is 6.37. The fraction of sp³-hybridized carbons (Fsp3) is 0.0526. The Morgan fingerprint density at radius 1 is 1.14 bits per heavy atom. The second-order valence-electron chi connectivity index (χ2n) is 5.92. The van der Waals surface area contributed by atoms with Crippen molar-refractivity contribution in [1.29, 1.82) is 0 Å². The Hall–Kier alpha value is -3.36. The Balaban J connectivity index is 1.39. The summed E-state index contributed by atoms with van der Waals surface area (Å²) in [7, 11) is 0. The molecule has 0 fully saturated rings. The van der Waals surface area contributed by atoms with Gasteiger partial charge in [0.05, 0.1) is 15.7 Å². The lowest BCUT2D eigenvalue weighted by Crippen LogP contribution is -2.14. The van der Waals surface area contributed by atoms with Gasteiger partial charge in [-0.15, -0.1) is 0 Å². The zero-order valence-electron chi connectivity index (χ0n) is 14.8. The number of ether oxygens (including phenoxy) is 1. The average molecular weight is 429 g/mol. The lowest BCUT2D eigenvalue weighted by atomic mass is 10.2. The van der Waals surface area contributed by atoms with Crippen LogP contribution >= 0.6 is 23.2 Å². The van der Waals surface area contributed by atoms with Gasteiger partial charge < -0.3 is 10.1 Å². The lowest BCUT2D eigenvalue weighted by Gasteiger charge is -2.09. The number of carbonyl (C=O) groups is 1. The molecule has 3 aromatic heterocycles. The first-order valence-corrected chi connectivity index (χ1v) is 9.23. The minimum absolute atomic E-state index is 0.0470. The molecule has 0 bridgehead atoms. The predicted molar refractivity (Wildman–Crippen MR) is 109 cm³/mol. The molecule has 4 rings (SSSR count). The van der Waals surface area contributed by atoms with E-state index in [1.165, 1.54) is 4.68 Å². The van der Waals surface area contributed by atoms with E-state index in [4.69, 9.17) is 27.9 Å². The molecule has 8 nitrogen and oxygen atoms in total. The van der Waals surface area contributed by atoms with Gasteiger partial charge in [0.25, 0.3) is 5.91 Å². The third-order valence-corrected chi connectivity index (χ3v) is 4.54. The molecule has 3 heterocycles. The van der Waals surface area contributed by atoms with E-state index in [0.29, 0.717) is 21.6 Å². The number of aromatic nitrogens is 5. The summed E-state index contributed by atoms with van der Waals surface area (Å²) in [5.74, 6) is 0.347. The number of hydrogen-bond acceptors (Lipinski definition) is 5. The topological polar surface area (TPSA) is 97.7 Å². The quantitative estimate of drug-likeness (QED) is 0.477. The summed E-state index contributed by atoms with van der Waals surface area (Å²) in [5, 5.41) is 14.6. The molecule has 4 aromatic rings. The van der Waals surface area contributed by atoms with E-state index < -0.39 is 5.91 Å². The molecule has 10 heteroatoms. The van der Waals surface area contributed by atoms with Gasteiger partial charge in [0.15, 0.2) is 24.0 Å². The molecular weight excluding hydrogens is 415 g/mol. The van der Waals surface area contributed by atoms with Crippen molar-refractivity contribution in [2.24, 2.45) is 0 Å². The van der Waals surface area contributed by atoms with Crippen LogP contribution in [-0.4, -0.2) is 30.9 Å². The zero-order chi connectivity index (χ0) is 20.2. The molecule has 146 valence electrons. The van der Waals surface area contributed by atoms with Gasteiger partial charge in [0.2, 0.25) is 0 Å². The van der Waals surface area contributed by atoms with Crippen molar-refractivity contribution in [1.82, 2.24) is 25.0 Å². The summed E-state index contributed by atoms with van der Waals surface area (Å²) < 4.78 is 7.06. The van der Waals surface area contributed by atoms with Crippen molar-refractivity contribution in [2.75, 3.05) is 5.32 Å². The van der Waals surface area contributed by atoms with Crippen LogP contribution in [0.4, 0.5) is 5.82 Å². The van der Waals surface area contributed by atoms with Crippen molar-refractivity contribution in [2.45, 2.75) is 6.73 Å². The summed E-state index contributed by atoms with van der Waals surface area (Å²) >= 11 is 12.1. The van der Waals surface area contributed by atoms with Crippen molar-refractivity contribution in [3.63, 3.8) is 0 Å². The number of H-pyrrole nitrogens is 1. The number of nitrogens with one attached hydrogen (secondary N) is 2. The van der Waals surface area contributed by atoms with Gasteiger partial charge in [-0.2, -0.15) is 10.2 Å². The monoisotopic (exact) mass is 428 g/mol. The normalized spacial score (nSPS) is 10.7. The number of anilines is 1. The van der Waals surface area contributed by atoms with Crippen LogP contribution in [0, 0.1) is 0 Å². The van der Waals surface area contributed by atoms with Crippen LogP contribution in [0.2, 0.25) is 10.0 Å². The molecule has 0 spiro atoms. The SMILES string of the molecule is O=C(Nc1cc(-c2ccncc2)[nH]n1)c1ccn(COc2c(Cl)cccc2Cl)n1. The third-order valence-electron chi connectivity index (χ3n) is 3.94. The molecule has 0 aliphatic heterocycles. The summed E-state index contributed by atoms with van der Waals surface area (Å²) in [6.07, 6.45) is 4.98. The molecule has 2 N–H and O–H groups in total. The molecule has 1 amide bonds. The summed E-state index contributed by atoms with van der Waals surface area (Å²) in [4.78, 5) is 16.4. The van der Waals surface area contributed by atoms with E-state index in [1.54, 1.807) is 48.9 Å². The number of pyridine rings is 1. The maximum absolute atomic E-state index is 12.4. The largest absolute Gasteiger partial charge is 0.468 e. The smallest absolute Gasteiger partial charge is 0.277 e. The van der Waals surface area contributed by atoms with Crippen LogP contribution in [0.15, 0.2) is 61.1 Å². The zero-order valence-corrected chi connectivity index (χ0v) is 16.4. The highest BCUT2D eigenvalue weighted by Gasteiger charge is 2.13. The fourth-order valence-corrected chi connectivity index (χ4v) is 3.06. The molecule has 0 saturated carbocycles. The average Bonchev–Trinajstić information content (AvgIpc) is 3.38. The van der Waals surface area contributed by atoms with E-state index in [0.717, 1.165) is 11.3 Å². The first kappa shape index (κ1) is 19.0. The van der Waals surface area contributed by atoms with E-state index in [2.05, 4.69) is 25.6 Å². The Labute approximate surface area is 175 Å². The van der Waals surface area contributed by atoms with Crippen molar-refractivity contribution >= 4 is 34.9 Å². The Morgan fingerprint density at radius 3 is 2.66 bits per heavy atom. The number of carbonyl (C=O) groups excluding carboxylic acids is 1. The third kappa shape index (κ3) is 4.39. The maximum Gasteiger partial charge on any atom is 0.277 e. The molecule has 0 aliphatic rings. The molecule has 0 atom stereocenters. The van der Waals surface area contributed by atoms with Gasteiger partial charge in [-0.3, -0.25) is 14.9 Å². The number of nitrogens with zero attached hydrogens (tertiary/aromatic N) is 4. The number of amides is 1. The van der Waals surface area contributed by atoms with E-state index in [9.17, 15) is 4.79 Å². The maximum atomic E-state index is 12.4. The van der Waals surface area contributed by atoms with Crippen molar-refractivity contribution in [3.8, 4) is 17.0 Å². The van der Waals surface area contributed by atoms with Crippen LogP contribution in [0.25, 0.3) is 11.3 Å². The lowest BCUT2D eigenvalue weighted by molar-refractivity contribution is 0.102. The molecule has 0 aliphatic carbocycles. The predicted octanol–water partition coefficient (Wildman–Crippen LogP) is 4.26. The molecule has 1 aromatic carbocycles. The minimum Gasteiger partial charge on any atom is -0.468 e. The molecule has 0 unspecified atom stereocenters. The van der Waals surface area contributed by atoms with E-state index in [1.807, 2.05) is 12.1 Å². The van der Waals surface area contributed by atoms with E-state index >= 15 is 0 Å². The summed E-state index contributed by atoms with van der Waals surface area (Å²) in [6.45, 7) is 0.0470. The highest BCUT2D eigenvalue weighted by atomic mass is 35.5. The summed E-state index contributed by atoms with van der Waals surface area (Å²) in [6, 6.07) is 12.1. The highest BCUT2D eigenvalue weighted by Crippen LogP contribution is 2.32. The Morgan fingerprint density at radius 2 is 1.90 bits per heavy atom. The second kappa shape index (κ2) is 8.34. The standard InChI is InChI=1S/C19H14Cl2N6O2/c20-13-2-1-3-14(21)18(13)29-11-27-9-6-15(26-27)19(28)23-17-10-16(24-25-17)12-4-7-22-8-5-12/h1-10H,11H2,(H2,23,24,25,28). The fourth-order valence-electron chi connectivity index (χ4n) is 2.55. The number of hydrogen-bond donors (Lipinski definition) is 2. The van der Waals surface area contributed by atoms with Gasteiger partial charge in [-0.1, -0.05) is 29.3 Å². The van der Waals surface area contributed by atoms with Crippen LogP contribution in [0.3, 0.4) is 0 Å². The van der Waals surface area contributed by atoms with Crippen molar-refractivity contribution < 1.29 is 9.53 Å². The van der Waals surface area contributed by atoms with Crippen LogP contribution in [0.1, 0.15) is 10.5 Å². The van der Waals surface area contributed by atoms with Crippen LogP contribution in [0.5, 0.6) is 5.75 Å². The van der Waals surface area contributed by atoms with Gasteiger partial charge in [-0.25, -0.2) is 4.68 Å². The van der Waals surface area contributed by atoms with Gasteiger partial charge in [0.1, 0.15) is 0 Å². The molecule has 0 radical (unpaired) electrons. The second-order valence-corrected chi connectivity index (χ2v) is 6.74. The van der Waals surface area contributed by atoms with Gasteiger partial charge >= 0.3 is 0 Å². The Bertz CT molecular complexity index is 1120. The molecule has 0 saturated heterocycles. The van der Waals surface area contributed by atoms with Crippen LogP contribution in [-0.2, 0) is 6.73 Å². The number of rotatable bonds is 6.